The van der Waals surface area contributed by atoms with Gasteiger partial charge in [0.05, 0.1) is 16.8 Å². The lowest BCUT2D eigenvalue weighted by molar-refractivity contribution is 0.0697. The SMILES string of the molecule is CCC(CC)CNc1c(C(=O)O)cnc2c1c(C)nn2C. The van der Waals surface area contributed by atoms with Gasteiger partial charge in [-0.2, -0.15) is 5.10 Å². The van der Waals surface area contributed by atoms with Crippen LogP contribution in [-0.4, -0.2) is 32.4 Å². The second-order valence-corrected chi connectivity index (χ2v) is 5.32. The van der Waals surface area contributed by atoms with Crippen LogP contribution in [0, 0.1) is 12.8 Å². The average Bonchev–Trinajstić information content (AvgIpc) is 2.75. The maximum atomic E-state index is 11.5. The minimum Gasteiger partial charge on any atom is -0.478 e. The highest BCUT2D eigenvalue weighted by molar-refractivity contribution is 6.04. The van der Waals surface area contributed by atoms with Crippen molar-refractivity contribution < 1.29 is 9.90 Å². The Morgan fingerprint density at radius 3 is 2.67 bits per heavy atom. The Hall–Kier alpha value is -2.11. The first-order valence-corrected chi connectivity index (χ1v) is 7.29. The molecule has 2 heterocycles. The Morgan fingerprint density at radius 2 is 2.10 bits per heavy atom. The van der Waals surface area contributed by atoms with Crippen LogP contribution < -0.4 is 5.32 Å². The number of anilines is 1. The first-order chi connectivity index (χ1) is 9.99. The number of carboxylic acid groups (broad SMARTS) is 1. The van der Waals surface area contributed by atoms with E-state index in [1.165, 1.54) is 6.20 Å². The quantitative estimate of drug-likeness (QED) is 0.855. The summed E-state index contributed by atoms with van der Waals surface area (Å²) in [5, 5.41) is 17.8. The van der Waals surface area contributed by atoms with Crippen LogP contribution in [0.15, 0.2) is 6.20 Å². The number of carboxylic acids is 1. The van der Waals surface area contributed by atoms with Crippen LogP contribution in [0.1, 0.15) is 42.7 Å². The molecule has 21 heavy (non-hydrogen) atoms. The molecule has 0 saturated heterocycles. The molecule has 6 heteroatoms. The first-order valence-electron chi connectivity index (χ1n) is 7.29. The van der Waals surface area contributed by atoms with Crippen molar-refractivity contribution in [2.45, 2.75) is 33.6 Å². The molecule has 2 aromatic heterocycles. The van der Waals surface area contributed by atoms with Gasteiger partial charge < -0.3 is 10.4 Å². The van der Waals surface area contributed by atoms with Crippen LogP contribution in [0.3, 0.4) is 0 Å². The minimum atomic E-state index is -0.972. The van der Waals surface area contributed by atoms with Crippen molar-refractivity contribution in [3.8, 4) is 0 Å². The molecule has 0 aliphatic carbocycles. The predicted octanol–water partition coefficient (Wildman–Crippen LogP) is 2.82. The van der Waals surface area contributed by atoms with Crippen LogP contribution >= 0.6 is 0 Å². The zero-order chi connectivity index (χ0) is 15.6. The number of nitrogens with zero attached hydrogens (tertiary/aromatic N) is 3. The molecular formula is C15H22N4O2. The van der Waals surface area contributed by atoms with Crippen molar-refractivity contribution in [2.24, 2.45) is 13.0 Å². The lowest BCUT2D eigenvalue weighted by Gasteiger charge is -2.16. The van der Waals surface area contributed by atoms with Crippen LogP contribution in [0.4, 0.5) is 5.69 Å². The van der Waals surface area contributed by atoms with Gasteiger partial charge in [-0.1, -0.05) is 26.7 Å². The Bertz CT molecular complexity index is 659. The van der Waals surface area contributed by atoms with Gasteiger partial charge in [-0.3, -0.25) is 4.68 Å². The predicted molar refractivity (Wildman–Crippen MR) is 82.8 cm³/mol. The number of hydrogen-bond acceptors (Lipinski definition) is 4. The van der Waals surface area contributed by atoms with E-state index in [-0.39, 0.29) is 5.56 Å². The molecule has 0 aromatic carbocycles. The molecule has 2 aromatic rings. The highest BCUT2D eigenvalue weighted by Gasteiger charge is 2.19. The average molecular weight is 290 g/mol. The Morgan fingerprint density at radius 1 is 1.43 bits per heavy atom. The lowest BCUT2D eigenvalue weighted by atomic mass is 10.0. The first kappa shape index (κ1) is 15.3. The monoisotopic (exact) mass is 290 g/mol. The van der Waals surface area contributed by atoms with Crippen LogP contribution in [-0.2, 0) is 7.05 Å². The number of nitrogens with one attached hydrogen (secondary N) is 1. The summed E-state index contributed by atoms with van der Waals surface area (Å²) in [6.45, 7) is 6.91. The highest BCUT2D eigenvalue weighted by Crippen LogP contribution is 2.29. The summed E-state index contributed by atoms with van der Waals surface area (Å²) in [5.41, 5.74) is 2.31. The smallest absolute Gasteiger partial charge is 0.339 e. The van der Waals surface area contributed by atoms with E-state index in [1.807, 2.05) is 14.0 Å². The molecule has 6 nitrogen and oxygen atoms in total. The zero-order valence-electron chi connectivity index (χ0n) is 13.0. The molecule has 0 amide bonds. The standard InChI is InChI=1S/C15H22N4O2/c1-5-10(6-2)7-16-13-11(15(20)21)8-17-14-12(13)9(3)18-19(14)4/h8,10H,5-7H2,1-4H3,(H,16,17)(H,20,21). The molecule has 2 N–H and O–H groups in total. The van der Waals surface area contributed by atoms with Gasteiger partial charge in [0.15, 0.2) is 5.65 Å². The summed E-state index contributed by atoms with van der Waals surface area (Å²) in [5.74, 6) is -0.452. The molecule has 0 unspecified atom stereocenters. The van der Waals surface area contributed by atoms with E-state index >= 15 is 0 Å². The fraction of sp³-hybridized carbons (Fsp3) is 0.533. The highest BCUT2D eigenvalue weighted by atomic mass is 16.4. The molecule has 0 aliphatic rings. The zero-order valence-corrected chi connectivity index (χ0v) is 13.0. The second kappa shape index (κ2) is 6.11. The summed E-state index contributed by atoms with van der Waals surface area (Å²) < 4.78 is 1.68. The van der Waals surface area contributed by atoms with E-state index in [1.54, 1.807) is 4.68 Å². The Labute approximate surface area is 124 Å². The summed E-state index contributed by atoms with van der Waals surface area (Å²) in [7, 11) is 1.81. The number of fused-ring (bicyclic) bond motifs is 1. The molecule has 0 saturated carbocycles. The minimum absolute atomic E-state index is 0.199. The van der Waals surface area contributed by atoms with E-state index in [2.05, 4.69) is 29.2 Å². The third kappa shape index (κ3) is 2.84. The molecule has 0 spiro atoms. The van der Waals surface area contributed by atoms with Crippen molar-refractivity contribution in [1.82, 2.24) is 14.8 Å². The van der Waals surface area contributed by atoms with E-state index in [0.717, 1.165) is 30.5 Å². The molecule has 0 fully saturated rings. The van der Waals surface area contributed by atoms with Gasteiger partial charge in [0, 0.05) is 19.8 Å². The van der Waals surface area contributed by atoms with Gasteiger partial charge in [0.25, 0.3) is 0 Å². The van der Waals surface area contributed by atoms with Gasteiger partial charge in [-0.05, 0) is 12.8 Å². The molecule has 114 valence electrons. The molecule has 0 atom stereocenters. The van der Waals surface area contributed by atoms with Crippen molar-refractivity contribution in [1.29, 1.82) is 0 Å². The fourth-order valence-electron chi connectivity index (χ4n) is 2.58. The van der Waals surface area contributed by atoms with Crippen LogP contribution in [0.5, 0.6) is 0 Å². The van der Waals surface area contributed by atoms with Crippen molar-refractivity contribution in [3.63, 3.8) is 0 Å². The largest absolute Gasteiger partial charge is 0.478 e. The number of carbonyl (C=O) groups is 1. The number of pyridine rings is 1. The number of aromatic nitrogens is 3. The van der Waals surface area contributed by atoms with Crippen molar-refractivity contribution in [2.75, 3.05) is 11.9 Å². The Balaban J connectivity index is 2.51. The second-order valence-electron chi connectivity index (χ2n) is 5.32. The maximum Gasteiger partial charge on any atom is 0.339 e. The van der Waals surface area contributed by atoms with Gasteiger partial charge in [-0.15, -0.1) is 0 Å². The normalized spacial score (nSPS) is 11.3. The van der Waals surface area contributed by atoms with Gasteiger partial charge in [-0.25, -0.2) is 9.78 Å². The summed E-state index contributed by atoms with van der Waals surface area (Å²) in [6.07, 6.45) is 3.53. The number of aromatic carboxylic acids is 1. The van der Waals surface area contributed by atoms with E-state index in [4.69, 9.17) is 0 Å². The molecule has 0 aliphatic heterocycles. The Kier molecular flexibility index (Phi) is 4.45. The topological polar surface area (TPSA) is 80.0 Å². The molecular weight excluding hydrogens is 268 g/mol. The van der Waals surface area contributed by atoms with E-state index < -0.39 is 5.97 Å². The third-order valence-corrected chi connectivity index (χ3v) is 3.98. The molecule has 0 radical (unpaired) electrons. The van der Waals surface area contributed by atoms with E-state index in [0.29, 0.717) is 17.3 Å². The van der Waals surface area contributed by atoms with Gasteiger partial charge in [0.2, 0.25) is 0 Å². The molecule has 0 bridgehead atoms. The summed E-state index contributed by atoms with van der Waals surface area (Å²) in [6, 6.07) is 0. The third-order valence-electron chi connectivity index (χ3n) is 3.98. The van der Waals surface area contributed by atoms with E-state index in [9.17, 15) is 9.90 Å². The van der Waals surface area contributed by atoms with Crippen LogP contribution in [0.25, 0.3) is 11.0 Å². The maximum absolute atomic E-state index is 11.5. The number of aryl methyl sites for hydroxylation is 2. The fourth-order valence-corrected chi connectivity index (χ4v) is 2.58. The van der Waals surface area contributed by atoms with Gasteiger partial charge >= 0.3 is 5.97 Å². The number of hydrogen-bond donors (Lipinski definition) is 2. The summed E-state index contributed by atoms with van der Waals surface area (Å²) in [4.78, 5) is 15.7. The van der Waals surface area contributed by atoms with Crippen molar-refractivity contribution >= 4 is 22.7 Å². The van der Waals surface area contributed by atoms with Gasteiger partial charge in [0.1, 0.15) is 5.56 Å². The van der Waals surface area contributed by atoms with Crippen molar-refractivity contribution in [3.05, 3.63) is 17.5 Å². The van der Waals surface area contributed by atoms with Crippen LogP contribution in [0.2, 0.25) is 0 Å². The molecule has 2 rings (SSSR count). The lowest BCUT2D eigenvalue weighted by Crippen LogP contribution is -2.15. The number of rotatable bonds is 6. The summed E-state index contributed by atoms with van der Waals surface area (Å²) >= 11 is 0.